The van der Waals surface area contributed by atoms with Gasteiger partial charge in [0.05, 0.1) is 6.54 Å². The summed E-state index contributed by atoms with van der Waals surface area (Å²) in [7, 11) is 0. The molecule has 0 aliphatic carbocycles. The normalized spacial score (nSPS) is 10.7. The predicted molar refractivity (Wildman–Crippen MR) is 71.8 cm³/mol. The summed E-state index contributed by atoms with van der Waals surface area (Å²) in [4.78, 5) is 11.7. The fraction of sp³-hybridized carbons (Fsp3) is 0.100. The number of halogens is 3. The monoisotopic (exact) mass is 337 g/mol. The minimum absolute atomic E-state index is 0.107. The number of aromatic nitrogens is 1. The first-order valence-electron chi connectivity index (χ1n) is 4.37. The molecule has 0 aliphatic rings. The van der Waals surface area contributed by atoms with Gasteiger partial charge < -0.3 is 0 Å². The number of hydrogen-bond acceptors (Lipinski definition) is 2. The lowest BCUT2D eigenvalue weighted by molar-refractivity contribution is 0.846. The lowest BCUT2D eigenvalue weighted by Gasteiger charge is -2.00. The molecule has 0 fully saturated rings. The van der Waals surface area contributed by atoms with Gasteiger partial charge in [0.25, 0.3) is 5.56 Å². The Morgan fingerprint density at radius 1 is 1.25 bits per heavy atom. The van der Waals surface area contributed by atoms with Gasteiger partial charge in [0.15, 0.2) is 0 Å². The highest BCUT2D eigenvalue weighted by atomic mass is 79.9. The van der Waals surface area contributed by atoms with E-state index in [1.165, 1.54) is 11.5 Å². The number of benzene rings is 1. The maximum atomic E-state index is 11.7. The molecule has 2 aromatic rings. The zero-order valence-corrected chi connectivity index (χ0v) is 11.8. The molecule has 0 N–H and O–H groups in total. The smallest absolute Gasteiger partial charge is 0.267 e. The van der Waals surface area contributed by atoms with E-state index in [2.05, 4.69) is 15.9 Å². The Labute approximate surface area is 115 Å². The molecular formula is C10H6BrCl2NOS. The zero-order valence-electron chi connectivity index (χ0n) is 7.91. The Morgan fingerprint density at radius 2 is 1.88 bits per heavy atom. The van der Waals surface area contributed by atoms with E-state index in [1.54, 1.807) is 16.1 Å². The largest absolute Gasteiger partial charge is 0.276 e. The average molecular weight is 339 g/mol. The van der Waals surface area contributed by atoms with Gasteiger partial charge in [-0.25, -0.2) is 0 Å². The molecule has 1 aromatic carbocycles. The molecule has 6 heteroatoms. The van der Waals surface area contributed by atoms with Crippen molar-refractivity contribution < 1.29 is 0 Å². The molecule has 0 amide bonds. The Kier molecular flexibility index (Phi) is 3.74. The molecule has 0 saturated heterocycles. The molecule has 2 nitrogen and oxygen atoms in total. The van der Waals surface area contributed by atoms with Crippen LogP contribution in [0.25, 0.3) is 0 Å². The van der Waals surface area contributed by atoms with Crippen LogP contribution in [-0.4, -0.2) is 3.96 Å². The van der Waals surface area contributed by atoms with Crippen molar-refractivity contribution in [1.82, 2.24) is 3.96 Å². The fourth-order valence-electron chi connectivity index (χ4n) is 1.23. The molecule has 0 spiro atoms. The van der Waals surface area contributed by atoms with E-state index in [0.717, 1.165) is 5.56 Å². The quantitative estimate of drug-likeness (QED) is 0.810. The van der Waals surface area contributed by atoms with Crippen LogP contribution in [0.4, 0.5) is 0 Å². The summed E-state index contributed by atoms with van der Waals surface area (Å²) in [5.41, 5.74) is 0.905. The minimum atomic E-state index is -0.107. The minimum Gasteiger partial charge on any atom is -0.267 e. The highest BCUT2D eigenvalue weighted by molar-refractivity contribution is 9.10. The van der Waals surface area contributed by atoms with Gasteiger partial charge in [-0.3, -0.25) is 8.75 Å². The molecule has 16 heavy (non-hydrogen) atoms. The van der Waals surface area contributed by atoms with E-state index in [4.69, 9.17) is 23.2 Å². The van der Waals surface area contributed by atoms with Crippen molar-refractivity contribution in [3.63, 3.8) is 0 Å². The topological polar surface area (TPSA) is 22.0 Å². The van der Waals surface area contributed by atoms with E-state index in [9.17, 15) is 4.79 Å². The van der Waals surface area contributed by atoms with E-state index < -0.39 is 0 Å². The number of hydrogen-bond donors (Lipinski definition) is 0. The first-order valence-corrected chi connectivity index (χ1v) is 6.69. The van der Waals surface area contributed by atoms with E-state index in [-0.39, 0.29) is 5.56 Å². The summed E-state index contributed by atoms with van der Waals surface area (Å²) in [6.07, 6.45) is 0. The second kappa shape index (κ2) is 4.92. The van der Waals surface area contributed by atoms with Crippen LogP contribution in [0.5, 0.6) is 0 Å². The van der Waals surface area contributed by atoms with Crippen LogP contribution >= 0.6 is 50.7 Å². The van der Waals surface area contributed by atoms with E-state index in [0.29, 0.717) is 20.4 Å². The van der Waals surface area contributed by atoms with Crippen molar-refractivity contribution in [2.45, 2.75) is 6.54 Å². The Morgan fingerprint density at radius 3 is 2.38 bits per heavy atom. The molecule has 0 atom stereocenters. The maximum Gasteiger partial charge on any atom is 0.276 e. The predicted octanol–water partition coefficient (Wildman–Crippen LogP) is 4.03. The highest BCUT2D eigenvalue weighted by Gasteiger charge is 2.10. The van der Waals surface area contributed by atoms with E-state index >= 15 is 0 Å². The average Bonchev–Trinajstić information content (AvgIpc) is 2.50. The van der Waals surface area contributed by atoms with Gasteiger partial charge in [-0.1, -0.05) is 35.3 Å². The van der Waals surface area contributed by atoms with Gasteiger partial charge in [-0.05, 0) is 45.2 Å². The van der Waals surface area contributed by atoms with E-state index in [1.807, 2.05) is 12.1 Å². The summed E-state index contributed by atoms with van der Waals surface area (Å²) in [5, 5.41) is 0.682. The van der Waals surface area contributed by atoms with Crippen LogP contribution in [0.2, 0.25) is 9.36 Å². The third-order valence-electron chi connectivity index (χ3n) is 2.02. The summed E-state index contributed by atoms with van der Waals surface area (Å²) in [6.45, 7) is 0.506. The van der Waals surface area contributed by atoms with Crippen molar-refractivity contribution in [3.8, 4) is 0 Å². The Bertz CT molecular complexity index is 561. The summed E-state index contributed by atoms with van der Waals surface area (Å²) < 4.78 is 2.49. The third kappa shape index (κ3) is 2.51. The van der Waals surface area contributed by atoms with Crippen LogP contribution in [0.1, 0.15) is 5.56 Å². The highest BCUT2D eigenvalue weighted by Crippen LogP contribution is 2.24. The summed E-state index contributed by atoms with van der Waals surface area (Å²) in [5.74, 6) is 0. The Balaban J connectivity index is 2.30. The summed E-state index contributed by atoms with van der Waals surface area (Å²) in [6, 6.07) is 7.37. The van der Waals surface area contributed by atoms with Crippen LogP contribution in [0, 0.1) is 0 Å². The number of rotatable bonds is 2. The lowest BCUT2D eigenvalue weighted by Crippen LogP contribution is -2.13. The molecular weight excluding hydrogens is 333 g/mol. The van der Waals surface area contributed by atoms with Gasteiger partial charge in [-0.15, -0.1) is 0 Å². The molecule has 1 heterocycles. The lowest BCUT2D eigenvalue weighted by atomic mass is 10.2. The van der Waals surface area contributed by atoms with Crippen LogP contribution < -0.4 is 5.56 Å². The zero-order chi connectivity index (χ0) is 11.7. The first kappa shape index (κ1) is 12.2. The maximum absolute atomic E-state index is 11.7. The molecule has 0 radical (unpaired) electrons. The fourth-order valence-corrected chi connectivity index (χ4v) is 2.99. The van der Waals surface area contributed by atoms with Crippen molar-refractivity contribution >= 4 is 50.7 Å². The van der Waals surface area contributed by atoms with Crippen LogP contribution in [0.3, 0.4) is 0 Å². The standard InChI is InChI=1S/C10H6BrCl2NOS/c11-8-9(13)16-14(10(8)15)5-6-1-3-7(12)4-2-6/h1-4H,5H2. The second-order valence-corrected chi connectivity index (χ2v) is 6.01. The summed E-state index contributed by atoms with van der Waals surface area (Å²) >= 11 is 16.0. The van der Waals surface area contributed by atoms with Gasteiger partial charge in [0.2, 0.25) is 0 Å². The van der Waals surface area contributed by atoms with Gasteiger partial charge in [-0.2, -0.15) is 0 Å². The van der Waals surface area contributed by atoms with Crippen LogP contribution in [-0.2, 0) is 6.54 Å². The molecule has 0 unspecified atom stereocenters. The van der Waals surface area contributed by atoms with Gasteiger partial charge >= 0.3 is 0 Å². The molecule has 0 bridgehead atoms. The SMILES string of the molecule is O=c1c(Br)c(Cl)sn1Cc1ccc(Cl)cc1. The number of nitrogens with zero attached hydrogens (tertiary/aromatic N) is 1. The van der Waals surface area contributed by atoms with Crippen molar-refractivity contribution in [2.24, 2.45) is 0 Å². The van der Waals surface area contributed by atoms with Crippen molar-refractivity contribution in [2.75, 3.05) is 0 Å². The molecule has 2 rings (SSSR count). The van der Waals surface area contributed by atoms with Crippen molar-refractivity contribution in [3.05, 3.63) is 54.0 Å². The van der Waals surface area contributed by atoms with Crippen LogP contribution in [0.15, 0.2) is 33.5 Å². The molecule has 1 aromatic heterocycles. The van der Waals surface area contributed by atoms with Gasteiger partial charge in [0.1, 0.15) is 8.81 Å². The molecule has 0 aliphatic heterocycles. The van der Waals surface area contributed by atoms with Gasteiger partial charge in [0, 0.05) is 5.02 Å². The first-order chi connectivity index (χ1) is 7.58. The van der Waals surface area contributed by atoms with Crippen molar-refractivity contribution in [1.29, 1.82) is 0 Å². The third-order valence-corrected chi connectivity index (χ3v) is 4.77. The molecule has 84 valence electrons. The second-order valence-electron chi connectivity index (χ2n) is 3.15. The Hall–Kier alpha value is -0.290. The molecule has 0 saturated carbocycles.